The van der Waals surface area contributed by atoms with Crippen LogP contribution in [0.3, 0.4) is 0 Å². The zero-order valence-corrected chi connectivity index (χ0v) is 14.4. The number of rotatable bonds is 5. The first-order valence-electron chi connectivity index (χ1n) is 8.00. The fourth-order valence-electron chi connectivity index (χ4n) is 3.10. The highest BCUT2D eigenvalue weighted by atomic mass is 32.2. The van der Waals surface area contributed by atoms with Crippen LogP contribution in [0.5, 0.6) is 0 Å². The molecule has 1 fully saturated rings. The molecule has 130 valence electrons. The maximum absolute atomic E-state index is 13.8. The zero-order valence-electron chi connectivity index (χ0n) is 13.6. The largest absolute Gasteiger partial charge is 0.321 e. The average Bonchev–Trinajstić information content (AvgIpc) is 2.95. The summed E-state index contributed by atoms with van der Waals surface area (Å²) in [6, 6.07) is 6.02. The predicted octanol–water partition coefficient (Wildman–Crippen LogP) is 1.74. The van der Waals surface area contributed by atoms with Crippen molar-refractivity contribution < 1.29 is 12.8 Å². The molecule has 1 aliphatic heterocycles. The van der Waals surface area contributed by atoms with Gasteiger partial charge in [0.2, 0.25) is 10.0 Å². The Kier molecular flexibility index (Phi) is 4.96. The van der Waals surface area contributed by atoms with E-state index < -0.39 is 15.8 Å². The Bertz CT molecular complexity index is 806. The maximum atomic E-state index is 13.8. The van der Waals surface area contributed by atoms with Crippen molar-refractivity contribution in [2.24, 2.45) is 13.0 Å². The van der Waals surface area contributed by atoms with Gasteiger partial charge in [0.05, 0.1) is 5.75 Å². The molecule has 0 amide bonds. The van der Waals surface area contributed by atoms with E-state index in [9.17, 15) is 12.8 Å². The smallest absolute Gasteiger partial charge is 0.218 e. The molecular formula is C16H21FN4O2S. The van der Waals surface area contributed by atoms with Gasteiger partial charge in [-0.25, -0.2) is 17.1 Å². The van der Waals surface area contributed by atoms with Gasteiger partial charge < -0.3 is 4.57 Å². The van der Waals surface area contributed by atoms with Crippen molar-refractivity contribution in [1.29, 1.82) is 0 Å². The molecule has 1 atom stereocenters. The number of hydrogen-bond acceptors (Lipinski definition) is 4. The number of aromatic nitrogens is 3. The highest BCUT2D eigenvalue weighted by molar-refractivity contribution is 7.88. The molecule has 0 saturated carbocycles. The summed E-state index contributed by atoms with van der Waals surface area (Å²) in [4.78, 5) is 0. The molecule has 3 rings (SSSR count). The van der Waals surface area contributed by atoms with Crippen molar-refractivity contribution >= 4 is 10.0 Å². The van der Waals surface area contributed by atoms with E-state index in [2.05, 4.69) is 10.2 Å². The number of sulfonamides is 1. The molecule has 24 heavy (non-hydrogen) atoms. The van der Waals surface area contributed by atoms with Crippen LogP contribution in [0.2, 0.25) is 0 Å². The molecule has 1 aromatic carbocycles. The summed E-state index contributed by atoms with van der Waals surface area (Å²) in [7, 11) is -1.65. The summed E-state index contributed by atoms with van der Waals surface area (Å²) in [5.41, 5.74) is 0.216. The lowest BCUT2D eigenvalue weighted by Gasteiger charge is -2.31. The first-order chi connectivity index (χ1) is 11.5. The van der Waals surface area contributed by atoms with Gasteiger partial charge in [0.15, 0.2) is 0 Å². The van der Waals surface area contributed by atoms with Crippen molar-refractivity contribution in [3.8, 4) is 0 Å². The monoisotopic (exact) mass is 352 g/mol. The van der Waals surface area contributed by atoms with Gasteiger partial charge in [-0.15, -0.1) is 10.2 Å². The molecule has 0 bridgehead atoms. The lowest BCUT2D eigenvalue weighted by molar-refractivity contribution is 0.261. The second-order valence-electron chi connectivity index (χ2n) is 6.28. The average molecular weight is 352 g/mol. The zero-order chi connectivity index (χ0) is 17.2. The number of nitrogens with zero attached hydrogens (tertiary/aromatic N) is 4. The third-order valence-corrected chi connectivity index (χ3v) is 6.24. The molecule has 1 saturated heterocycles. The number of benzene rings is 1. The lowest BCUT2D eigenvalue weighted by atomic mass is 9.96. The third-order valence-electron chi connectivity index (χ3n) is 4.45. The van der Waals surface area contributed by atoms with Crippen LogP contribution in [0.25, 0.3) is 0 Å². The normalized spacial score (nSPS) is 19.5. The summed E-state index contributed by atoms with van der Waals surface area (Å²) in [6.45, 7) is 0.940. The second-order valence-corrected chi connectivity index (χ2v) is 8.25. The SMILES string of the molecule is Cn1cnnc1CC1CCCN(S(=O)(=O)Cc2ccccc2F)C1. The van der Waals surface area contributed by atoms with Gasteiger partial charge in [0, 0.05) is 32.1 Å². The molecule has 1 aromatic heterocycles. The molecular weight excluding hydrogens is 331 g/mol. The van der Waals surface area contributed by atoms with E-state index in [1.807, 2.05) is 11.6 Å². The van der Waals surface area contributed by atoms with Gasteiger partial charge in [0.25, 0.3) is 0 Å². The first-order valence-corrected chi connectivity index (χ1v) is 9.61. The molecule has 0 aliphatic carbocycles. The van der Waals surface area contributed by atoms with Crippen molar-refractivity contribution in [3.63, 3.8) is 0 Å². The lowest BCUT2D eigenvalue weighted by Crippen LogP contribution is -2.41. The minimum absolute atomic E-state index is 0.206. The Labute approximate surface area is 141 Å². The quantitative estimate of drug-likeness (QED) is 0.822. The fourth-order valence-corrected chi connectivity index (χ4v) is 4.75. The molecule has 0 radical (unpaired) electrons. The predicted molar refractivity (Wildman–Crippen MR) is 88.0 cm³/mol. The van der Waals surface area contributed by atoms with Gasteiger partial charge in [-0.05, 0) is 24.8 Å². The molecule has 0 spiro atoms. The molecule has 0 N–H and O–H groups in total. The summed E-state index contributed by atoms with van der Waals surface area (Å²) in [6.07, 6.45) is 4.10. The second kappa shape index (κ2) is 6.98. The van der Waals surface area contributed by atoms with Crippen LogP contribution in [0.15, 0.2) is 30.6 Å². The topological polar surface area (TPSA) is 68.1 Å². The van der Waals surface area contributed by atoms with E-state index >= 15 is 0 Å². The van der Waals surface area contributed by atoms with E-state index in [1.165, 1.54) is 16.4 Å². The summed E-state index contributed by atoms with van der Waals surface area (Å²) in [5, 5.41) is 7.93. The van der Waals surface area contributed by atoms with E-state index in [1.54, 1.807) is 18.5 Å². The van der Waals surface area contributed by atoms with E-state index in [4.69, 9.17) is 0 Å². The Balaban J connectivity index is 1.69. The van der Waals surface area contributed by atoms with Crippen LogP contribution in [0, 0.1) is 11.7 Å². The van der Waals surface area contributed by atoms with Gasteiger partial charge >= 0.3 is 0 Å². The van der Waals surface area contributed by atoms with Crippen LogP contribution in [-0.2, 0) is 29.2 Å². The molecule has 2 aromatic rings. The molecule has 8 heteroatoms. The Hall–Kier alpha value is -1.80. The van der Waals surface area contributed by atoms with Crippen LogP contribution in [-0.4, -0.2) is 40.6 Å². The first kappa shape index (κ1) is 17.0. The van der Waals surface area contributed by atoms with Gasteiger partial charge in [-0.1, -0.05) is 18.2 Å². The van der Waals surface area contributed by atoms with Crippen LogP contribution < -0.4 is 0 Å². The summed E-state index contributed by atoms with van der Waals surface area (Å²) >= 11 is 0. The number of piperidine rings is 1. The standard InChI is InChI=1S/C16H21FN4O2S/c1-20-12-18-19-16(20)9-13-5-4-8-21(10-13)24(22,23)11-14-6-2-3-7-15(14)17/h2-3,6-7,12-13H,4-5,8-11H2,1H3. The van der Waals surface area contributed by atoms with Crippen LogP contribution in [0.4, 0.5) is 4.39 Å². The molecule has 2 heterocycles. The van der Waals surface area contributed by atoms with E-state index in [0.29, 0.717) is 19.5 Å². The van der Waals surface area contributed by atoms with Crippen LogP contribution >= 0.6 is 0 Å². The van der Waals surface area contributed by atoms with Crippen molar-refractivity contribution in [3.05, 3.63) is 47.8 Å². The van der Waals surface area contributed by atoms with Crippen molar-refractivity contribution in [2.75, 3.05) is 13.1 Å². The highest BCUT2D eigenvalue weighted by Crippen LogP contribution is 2.24. The Morgan fingerprint density at radius 2 is 2.12 bits per heavy atom. The van der Waals surface area contributed by atoms with Gasteiger partial charge in [-0.3, -0.25) is 0 Å². The van der Waals surface area contributed by atoms with Crippen LogP contribution in [0.1, 0.15) is 24.2 Å². The van der Waals surface area contributed by atoms with Gasteiger partial charge in [0.1, 0.15) is 18.0 Å². The number of halogens is 1. The maximum Gasteiger partial charge on any atom is 0.218 e. The minimum atomic E-state index is -3.53. The Morgan fingerprint density at radius 3 is 2.83 bits per heavy atom. The number of aryl methyl sites for hydroxylation is 1. The molecule has 6 nitrogen and oxygen atoms in total. The van der Waals surface area contributed by atoms with E-state index in [0.717, 1.165) is 18.7 Å². The molecule has 1 unspecified atom stereocenters. The van der Waals surface area contributed by atoms with Crippen molar-refractivity contribution in [1.82, 2.24) is 19.1 Å². The van der Waals surface area contributed by atoms with E-state index in [-0.39, 0.29) is 17.2 Å². The molecule has 1 aliphatic rings. The fraction of sp³-hybridized carbons (Fsp3) is 0.500. The third kappa shape index (κ3) is 3.81. The van der Waals surface area contributed by atoms with Crippen molar-refractivity contribution in [2.45, 2.75) is 25.0 Å². The summed E-state index contributed by atoms with van der Waals surface area (Å²) < 4.78 is 42.4. The van der Waals surface area contributed by atoms with Gasteiger partial charge in [-0.2, -0.15) is 0 Å². The Morgan fingerprint density at radius 1 is 1.33 bits per heavy atom. The highest BCUT2D eigenvalue weighted by Gasteiger charge is 2.30. The minimum Gasteiger partial charge on any atom is -0.321 e. The number of hydrogen-bond donors (Lipinski definition) is 0. The summed E-state index contributed by atoms with van der Waals surface area (Å²) in [5.74, 6) is 0.287.